The summed E-state index contributed by atoms with van der Waals surface area (Å²) in [7, 11) is 0. The lowest BCUT2D eigenvalue weighted by atomic mass is 10.2. The molecule has 0 radical (unpaired) electrons. The van der Waals surface area contributed by atoms with Gasteiger partial charge in [0.05, 0.1) is 0 Å². The summed E-state index contributed by atoms with van der Waals surface area (Å²) >= 11 is 2.98. The largest absolute Gasteiger partial charge is 0.281 e. The summed E-state index contributed by atoms with van der Waals surface area (Å²) in [5, 5.41) is 0.0642. The number of rotatable bonds is 7. The van der Waals surface area contributed by atoms with Crippen LogP contribution in [0.5, 0.6) is 0 Å². The quantitative estimate of drug-likeness (QED) is 0.424. The average molecular weight is 353 g/mol. The van der Waals surface area contributed by atoms with E-state index in [2.05, 4.69) is 13.2 Å². The summed E-state index contributed by atoms with van der Waals surface area (Å²) in [5.41, 5.74) is 2.80. The predicted molar refractivity (Wildman–Crippen MR) is 107 cm³/mol. The Morgan fingerprint density at radius 1 is 0.958 bits per heavy atom. The van der Waals surface area contributed by atoms with Crippen LogP contribution in [0.1, 0.15) is 17.3 Å². The van der Waals surface area contributed by atoms with Crippen LogP contribution in [0.3, 0.4) is 0 Å². The zero-order chi connectivity index (χ0) is 17.4. The van der Waals surface area contributed by atoms with Crippen molar-refractivity contribution in [2.24, 2.45) is 0 Å². The van der Waals surface area contributed by atoms with Gasteiger partial charge in [-0.2, -0.15) is 0 Å². The normalized spacial score (nSPS) is 10.7. The Hall–Kier alpha value is -1.97. The van der Waals surface area contributed by atoms with Crippen molar-refractivity contribution in [1.29, 1.82) is 0 Å². The Labute approximate surface area is 152 Å². The van der Waals surface area contributed by atoms with Gasteiger partial charge in [-0.25, -0.2) is 0 Å². The Bertz CT molecular complexity index is 743. The maximum absolute atomic E-state index is 12.2. The van der Waals surface area contributed by atoms with Gasteiger partial charge in [0.2, 0.25) is 5.12 Å². The molecule has 2 aromatic carbocycles. The number of benzene rings is 2. The lowest BCUT2D eigenvalue weighted by Crippen LogP contribution is -1.92. The molecule has 1 nitrogen and oxygen atoms in total. The fraction of sp³-hybridized carbons (Fsp3) is 0.0952. The van der Waals surface area contributed by atoms with Crippen LogP contribution in [0.2, 0.25) is 0 Å². The lowest BCUT2D eigenvalue weighted by molar-refractivity contribution is 0.108. The van der Waals surface area contributed by atoms with Crippen molar-refractivity contribution in [3.63, 3.8) is 0 Å². The van der Waals surface area contributed by atoms with Gasteiger partial charge >= 0.3 is 0 Å². The van der Waals surface area contributed by atoms with E-state index in [-0.39, 0.29) is 5.12 Å². The highest BCUT2D eigenvalue weighted by Crippen LogP contribution is 2.27. The number of thioether (sulfide) groups is 2. The monoisotopic (exact) mass is 352 g/mol. The van der Waals surface area contributed by atoms with Crippen LogP contribution in [0.25, 0.3) is 0 Å². The number of hydrogen-bond donors (Lipinski definition) is 0. The first-order valence-corrected chi connectivity index (χ1v) is 9.36. The molecule has 0 bridgehead atoms. The molecular formula is C21H20OS2. The van der Waals surface area contributed by atoms with Crippen molar-refractivity contribution >= 4 is 28.6 Å². The minimum atomic E-state index is 0.0642. The van der Waals surface area contributed by atoms with Crippen molar-refractivity contribution in [3.05, 3.63) is 96.6 Å². The summed E-state index contributed by atoms with van der Waals surface area (Å²) < 4.78 is 0. The molecule has 0 fully saturated rings. The predicted octanol–water partition coefficient (Wildman–Crippen LogP) is 6.40. The molecule has 0 aliphatic heterocycles. The third-order valence-corrected chi connectivity index (χ3v) is 5.12. The molecule has 0 saturated heterocycles. The lowest BCUT2D eigenvalue weighted by Gasteiger charge is -2.04. The number of carbonyl (C=O) groups excluding carboxylic acids is 1. The molecule has 24 heavy (non-hydrogen) atoms. The second-order valence-electron chi connectivity index (χ2n) is 5.35. The molecular weight excluding hydrogens is 332 g/mol. The molecule has 3 heteroatoms. The minimum absolute atomic E-state index is 0.0642. The fourth-order valence-corrected chi connectivity index (χ4v) is 3.35. The molecule has 0 aromatic heterocycles. The van der Waals surface area contributed by atoms with Gasteiger partial charge in [0.25, 0.3) is 0 Å². The summed E-state index contributed by atoms with van der Waals surface area (Å²) in [6.07, 6.45) is 3.97. The van der Waals surface area contributed by atoms with E-state index >= 15 is 0 Å². The smallest absolute Gasteiger partial charge is 0.224 e. The SMILES string of the molecule is C=C(C)/C=C\C(=C)CSc1ccc(SC(=O)c2ccccc2)cc1. The topological polar surface area (TPSA) is 17.1 Å². The van der Waals surface area contributed by atoms with Crippen LogP contribution in [0, 0.1) is 0 Å². The van der Waals surface area contributed by atoms with Gasteiger partial charge in [0, 0.05) is 21.1 Å². The van der Waals surface area contributed by atoms with E-state index in [1.165, 1.54) is 11.8 Å². The Kier molecular flexibility index (Phi) is 7.16. The first-order valence-electron chi connectivity index (χ1n) is 7.56. The summed E-state index contributed by atoms with van der Waals surface area (Å²) in [6.45, 7) is 9.83. The summed E-state index contributed by atoms with van der Waals surface area (Å²) in [4.78, 5) is 14.3. The van der Waals surface area contributed by atoms with Crippen LogP contribution < -0.4 is 0 Å². The van der Waals surface area contributed by atoms with E-state index < -0.39 is 0 Å². The highest BCUT2D eigenvalue weighted by Gasteiger charge is 2.07. The molecule has 0 N–H and O–H groups in total. The third kappa shape index (κ3) is 6.26. The van der Waals surface area contributed by atoms with Crippen LogP contribution in [0.15, 0.2) is 101 Å². The number of allylic oxidation sites excluding steroid dienone is 3. The fourth-order valence-electron chi connectivity index (χ4n) is 1.83. The first kappa shape index (κ1) is 18.4. The van der Waals surface area contributed by atoms with Crippen molar-refractivity contribution in [1.82, 2.24) is 0 Å². The Balaban J connectivity index is 1.88. The molecule has 0 amide bonds. The molecule has 0 atom stereocenters. The van der Waals surface area contributed by atoms with E-state index in [0.29, 0.717) is 0 Å². The zero-order valence-corrected chi connectivity index (χ0v) is 15.3. The van der Waals surface area contributed by atoms with Crippen molar-refractivity contribution in [2.75, 3.05) is 5.75 Å². The Morgan fingerprint density at radius 2 is 1.58 bits per heavy atom. The van der Waals surface area contributed by atoms with Gasteiger partial charge < -0.3 is 0 Å². The highest BCUT2D eigenvalue weighted by molar-refractivity contribution is 8.14. The molecule has 2 rings (SSSR count). The van der Waals surface area contributed by atoms with E-state index in [1.807, 2.05) is 73.7 Å². The molecule has 0 unspecified atom stereocenters. The molecule has 0 aliphatic rings. The number of hydrogen-bond acceptors (Lipinski definition) is 3. The van der Waals surface area contributed by atoms with Gasteiger partial charge in [0.1, 0.15) is 0 Å². The van der Waals surface area contributed by atoms with Gasteiger partial charge in [-0.05, 0) is 48.5 Å². The second kappa shape index (κ2) is 9.36. The van der Waals surface area contributed by atoms with Crippen LogP contribution in [-0.2, 0) is 0 Å². The van der Waals surface area contributed by atoms with Crippen molar-refractivity contribution in [3.8, 4) is 0 Å². The first-order chi connectivity index (χ1) is 11.5. The molecule has 0 aliphatic carbocycles. The molecule has 0 spiro atoms. The molecule has 2 aromatic rings. The average Bonchev–Trinajstić information content (AvgIpc) is 2.60. The minimum Gasteiger partial charge on any atom is -0.281 e. The van der Waals surface area contributed by atoms with Crippen molar-refractivity contribution < 1.29 is 4.79 Å². The standard InChI is InChI=1S/C21H20OS2/c1-16(2)9-10-17(3)15-23-19-11-13-20(14-12-19)24-21(22)18-7-5-4-6-8-18/h4-14H,1,3,15H2,2H3/b10-9-. The van der Waals surface area contributed by atoms with E-state index in [4.69, 9.17) is 0 Å². The van der Waals surface area contributed by atoms with Gasteiger partial charge in [-0.15, -0.1) is 11.8 Å². The van der Waals surface area contributed by atoms with E-state index in [1.54, 1.807) is 11.8 Å². The van der Waals surface area contributed by atoms with Crippen LogP contribution >= 0.6 is 23.5 Å². The molecule has 0 saturated carbocycles. The zero-order valence-electron chi connectivity index (χ0n) is 13.7. The van der Waals surface area contributed by atoms with Gasteiger partial charge in [-0.1, -0.05) is 61.2 Å². The number of carbonyl (C=O) groups is 1. The third-order valence-electron chi connectivity index (χ3n) is 3.07. The second-order valence-corrected chi connectivity index (χ2v) is 7.45. The van der Waals surface area contributed by atoms with Gasteiger partial charge in [0.15, 0.2) is 0 Å². The van der Waals surface area contributed by atoms with E-state index in [9.17, 15) is 4.79 Å². The Morgan fingerprint density at radius 3 is 2.21 bits per heavy atom. The summed E-state index contributed by atoms with van der Waals surface area (Å²) in [5.74, 6) is 0.833. The van der Waals surface area contributed by atoms with E-state index in [0.717, 1.165) is 32.3 Å². The molecule has 0 heterocycles. The van der Waals surface area contributed by atoms with Crippen LogP contribution in [0.4, 0.5) is 0 Å². The summed E-state index contributed by atoms with van der Waals surface area (Å²) in [6, 6.07) is 17.4. The van der Waals surface area contributed by atoms with Crippen molar-refractivity contribution in [2.45, 2.75) is 16.7 Å². The maximum atomic E-state index is 12.2. The molecule has 122 valence electrons. The van der Waals surface area contributed by atoms with Gasteiger partial charge in [-0.3, -0.25) is 4.79 Å². The highest BCUT2D eigenvalue weighted by atomic mass is 32.2. The van der Waals surface area contributed by atoms with Crippen LogP contribution in [-0.4, -0.2) is 10.9 Å². The maximum Gasteiger partial charge on any atom is 0.224 e.